The van der Waals surface area contributed by atoms with E-state index in [1.165, 1.54) is 24.3 Å². The standard InChI is InChI=1S/C11H13NO6S/c13-9-8(19)5-17-11(10(9)14)18-7-3-1-6(2-4-7)12(15)16/h1-4,8-11,13-14,19H,5H2/t8-,9+,10-,11+/m1/s1. The number of aliphatic hydroxyl groups excluding tert-OH is 2. The van der Waals surface area contributed by atoms with Crippen molar-refractivity contribution in [2.45, 2.75) is 23.7 Å². The molecule has 0 spiro atoms. The van der Waals surface area contributed by atoms with Crippen LogP contribution in [0.2, 0.25) is 0 Å². The number of ether oxygens (including phenoxy) is 2. The van der Waals surface area contributed by atoms with Crippen molar-refractivity contribution in [2.75, 3.05) is 6.61 Å². The van der Waals surface area contributed by atoms with Crippen LogP contribution in [0.25, 0.3) is 0 Å². The van der Waals surface area contributed by atoms with Gasteiger partial charge in [-0.2, -0.15) is 12.6 Å². The zero-order valence-electron chi connectivity index (χ0n) is 9.75. The van der Waals surface area contributed by atoms with E-state index in [-0.39, 0.29) is 12.3 Å². The molecule has 7 nitrogen and oxygen atoms in total. The third-order valence-electron chi connectivity index (χ3n) is 2.75. The van der Waals surface area contributed by atoms with Gasteiger partial charge in [0.1, 0.15) is 11.9 Å². The van der Waals surface area contributed by atoms with Crippen LogP contribution in [-0.4, -0.2) is 45.5 Å². The molecule has 2 rings (SSSR count). The van der Waals surface area contributed by atoms with E-state index in [0.29, 0.717) is 5.75 Å². The first kappa shape index (κ1) is 14.1. The first-order chi connectivity index (χ1) is 8.99. The number of benzene rings is 1. The van der Waals surface area contributed by atoms with Gasteiger partial charge in [-0.25, -0.2) is 0 Å². The lowest BCUT2D eigenvalue weighted by atomic mass is 10.1. The van der Waals surface area contributed by atoms with Gasteiger partial charge in [0.05, 0.1) is 22.9 Å². The Morgan fingerprint density at radius 3 is 2.53 bits per heavy atom. The van der Waals surface area contributed by atoms with Crippen LogP contribution in [0.5, 0.6) is 5.75 Å². The SMILES string of the molecule is O=[N+]([O-])c1ccc(O[C@@H]2OC[C@@H](S)[C@H](O)[C@H]2O)cc1. The number of rotatable bonds is 3. The number of aliphatic hydroxyl groups is 2. The number of hydrogen-bond acceptors (Lipinski definition) is 7. The number of thiol groups is 1. The fourth-order valence-corrected chi connectivity index (χ4v) is 1.93. The number of nitrogens with zero attached hydrogens (tertiary/aromatic N) is 1. The van der Waals surface area contributed by atoms with Gasteiger partial charge >= 0.3 is 0 Å². The Morgan fingerprint density at radius 2 is 1.95 bits per heavy atom. The van der Waals surface area contributed by atoms with Crippen LogP contribution in [0.1, 0.15) is 0 Å². The summed E-state index contributed by atoms with van der Waals surface area (Å²) in [7, 11) is 0. The van der Waals surface area contributed by atoms with Crippen molar-refractivity contribution >= 4 is 18.3 Å². The molecule has 1 aromatic rings. The van der Waals surface area contributed by atoms with Crippen molar-refractivity contribution in [1.29, 1.82) is 0 Å². The van der Waals surface area contributed by atoms with Crippen molar-refractivity contribution in [3.8, 4) is 5.75 Å². The highest BCUT2D eigenvalue weighted by Gasteiger charge is 2.38. The van der Waals surface area contributed by atoms with Crippen LogP contribution in [0.15, 0.2) is 24.3 Å². The predicted molar refractivity (Wildman–Crippen MR) is 68.3 cm³/mol. The Labute approximate surface area is 114 Å². The van der Waals surface area contributed by atoms with E-state index in [1.807, 2.05) is 0 Å². The molecule has 1 fully saturated rings. The highest BCUT2D eigenvalue weighted by Crippen LogP contribution is 2.24. The van der Waals surface area contributed by atoms with Crippen molar-refractivity contribution in [1.82, 2.24) is 0 Å². The van der Waals surface area contributed by atoms with E-state index >= 15 is 0 Å². The van der Waals surface area contributed by atoms with Crippen molar-refractivity contribution in [2.24, 2.45) is 0 Å². The Kier molecular flexibility index (Phi) is 4.25. The second-order valence-electron chi connectivity index (χ2n) is 4.12. The molecule has 0 bridgehead atoms. The average molecular weight is 287 g/mol. The molecular weight excluding hydrogens is 274 g/mol. The maximum absolute atomic E-state index is 10.5. The lowest BCUT2D eigenvalue weighted by molar-refractivity contribution is -0.384. The summed E-state index contributed by atoms with van der Waals surface area (Å²) in [5.74, 6) is 0.305. The summed E-state index contributed by atoms with van der Waals surface area (Å²) in [6.45, 7) is 0.138. The molecule has 104 valence electrons. The molecule has 0 radical (unpaired) electrons. The molecule has 0 aromatic heterocycles. The van der Waals surface area contributed by atoms with Crippen LogP contribution >= 0.6 is 12.6 Å². The van der Waals surface area contributed by atoms with E-state index < -0.39 is 28.7 Å². The summed E-state index contributed by atoms with van der Waals surface area (Å²) in [5, 5.41) is 29.4. The number of non-ortho nitro benzene ring substituents is 1. The molecule has 1 aliphatic heterocycles. The number of nitro benzene ring substituents is 1. The third-order valence-corrected chi connectivity index (χ3v) is 3.21. The minimum Gasteiger partial charge on any atom is -0.462 e. The number of hydrogen-bond donors (Lipinski definition) is 3. The maximum atomic E-state index is 10.5. The minimum atomic E-state index is -1.23. The molecule has 1 aliphatic rings. The van der Waals surface area contributed by atoms with E-state index in [0.717, 1.165) is 0 Å². The monoisotopic (exact) mass is 287 g/mol. The molecular formula is C11H13NO6S. The van der Waals surface area contributed by atoms with Crippen molar-refractivity contribution < 1.29 is 24.6 Å². The molecule has 0 unspecified atom stereocenters. The highest BCUT2D eigenvalue weighted by molar-refractivity contribution is 7.81. The minimum absolute atomic E-state index is 0.0621. The Balaban J connectivity index is 2.03. The second kappa shape index (κ2) is 5.74. The summed E-state index contributed by atoms with van der Waals surface area (Å²) in [5.41, 5.74) is -0.0621. The van der Waals surface area contributed by atoms with Crippen molar-refractivity contribution in [3.63, 3.8) is 0 Å². The van der Waals surface area contributed by atoms with Gasteiger partial charge in [-0.15, -0.1) is 0 Å². The highest BCUT2D eigenvalue weighted by atomic mass is 32.1. The topological polar surface area (TPSA) is 102 Å². The zero-order valence-corrected chi connectivity index (χ0v) is 10.6. The van der Waals surface area contributed by atoms with Gasteiger partial charge in [0.15, 0.2) is 0 Å². The summed E-state index contributed by atoms with van der Waals surface area (Å²) in [6, 6.07) is 5.35. The molecule has 0 saturated carbocycles. The zero-order chi connectivity index (χ0) is 14.0. The number of nitro groups is 1. The normalized spacial score (nSPS) is 30.9. The third kappa shape index (κ3) is 3.16. The molecule has 19 heavy (non-hydrogen) atoms. The average Bonchev–Trinajstić information content (AvgIpc) is 2.40. The Bertz CT molecular complexity index is 453. The molecule has 0 aliphatic carbocycles. The van der Waals surface area contributed by atoms with Gasteiger partial charge in [-0.3, -0.25) is 10.1 Å². The van der Waals surface area contributed by atoms with Crippen LogP contribution in [0, 0.1) is 10.1 Å². The smallest absolute Gasteiger partial charge is 0.269 e. The second-order valence-corrected chi connectivity index (χ2v) is 4.78. The van der Waals surface area contributed by atoms with Crippen LogP contribution in [-0.2, 0) is 4.74 Å². The molecule has 0 amide bonds. The Morgan fingerprint density at radius 1 is 1.32 bits per heavy atom. The lowest BCUT2D eigenvalue weighted by Crippen LogP contribution is -2.53. The molecule has 2 N–H and O–H groups in total. The predicted octanol–water partition coefficient (Wildman–Crippen LogP) is 0.350. The van der Waals surface area contributed by atoms with Crippen LogP contribution < -0.4 is 4.74 Å². The Hall–Kier alpha value is -1.35. The van der Waals surface area contributed by atoms with Crippen LogP contribution in [0.4, 0.5) is 5.69 Å². The first-order valence-electron chi connectivity index (χ1n) is 5.56. The van der Waals surface area contributed by atoms with Gasteiger partial charge in [0, 0.05) is 12.1 Å². The summed E-state index contributed by atoms with van der Waals surface area (Å²) >= 11 is 4.05. The van der Waals surface area contributed by atoms with Gasteiger partial charge in [-0.05, 0) is 12.1 Å². The van der Waals surface area contributed by atoms with Gasteiger partial charge in [-0.1, -0.05) is 0 Å². The van der Waals surface area contributed by atoms with E-state index in [2.05, 4.69) is 12.6 Å². The van der Waals surface area contributed by atoms with E-state index in [9.17, 15) is 20.3 Å². The van der Waals surface area contributed by atoms with Gasteiger partial charge in [0.25, 0.3) is 5.69 Å². The summed E-state index contributed by atoms with van der Waals surface area (Å²) < 4.78 is 10.5. The molecule has 1 aromatic carbocycles. The van der Waals surface area contributed by atoms with Gasteiger partial charge < -0.3 is 19.7 Å². The summed E-state index contributed by atoms with van der Waals surface area (Å²) in [4.78, 5) is 9.97. The maximum Gasteiger partial charge on any atom is 0.269 e. The summed E-state index contributed by atoms with van der Waals surface area (Å²) in [6.07, 6.45) is -3.31. The van der Waals surface area contributed by atoms with E-state index in [1.54, 1.807) is 0 Å². The van der Waals surface area contributed by atoms with Crippen molar-refractivity contribution in [3.05, 3.63) is 34.4 Å². The first-order valence-corrected chi connectivity index (χ1v) is 6.07. The fourth-order valence-electron chi connectivity index (χ4n) is 1.66. The molecule has 1 heterocycles. The van der Waals surface area contributed by atoms with Gasteiger partial charge in [0.2, 0.25) is 6.29 Å². The van der Waals surface area contributed by atoms with Crippen LogP contribution in [0.3, 0.4) is 0 Å². The van der Waals surface area contributed by atoms with E-state index in [4.69, 9.17) is 9.47 Å². The largest absolute Gasteiger partial charge is 0.462 e. The molecule has 4 atom stereocenters. The fraction of sp³-hybridized carbons (Fsp3) is 0.455. The quantitative estimate of drug-likeness (QED) is 0.421. The lowest BCUT2D eigenvalue weighted by Gasteiger charge is -2.35. The molecule has 8 heteroatoms. The molecule has 1 saturated heterocycles.